The van der Waals surface area contributed by atoms with Gasteiger partial charge in [0.05, 0.1) is 12.5 Å². The Hall–Kier alpha value is -2.64. The summed E-state index contributed by atoms with van der Waals surface area (Å²) in [6.07, 6.45) is 10.5. The van der Waals surface area contributed by atoms with Gasteiger partial charge in [-0.3, -0.25) is 4.98 Å². The zero-order valence-electron chi connectivity index (χ0n) is 13.2. The first-order valence-electron chi connectivity index (χ1n) is 7.74. The topological polar surface area (TPSA) is 79.2 Å². The number of imidazole rings is 1. The van der Waals surface area contributed by atoms with Gasteiger partial charge in [0.25, 0.3) is 0 Å². The monoisotopic (exact) mass is 315 g/mol. The molecule has 122 valence electrons. The van der Waals surface area contributed by atoms with Crippen molar-refractivity contribution in [2.24, 2.45) is 0 Å². The fourth-order valence-corrected chi connectivity index (χ4v) is 2.65. The van der Waals surface area contributed by atoms with Crippen LogP contribution in [0, 0.1) is 0 Å². The molecule has 0 saturated carbocycles. The highest BCUT2D eigenvalue weighted by Gasteiger charge is 2.22. The lowest BCUT2D eigenvalue weighted by Crippen LogP contribution is -2.53. The molecule has 0 unspecified atom stereocenters. The molecular formula is C15H21N7O. The second kappa shape index (κ2) is 7.08. The molecule has 1 atom stereocenters. The van der Waals surface area contributed by atoms with E-state index in [-0.39, 0.29) is 12.1 Å². The van der Waals surface area contributed by atoms with E-state index in [2.05, 4.69) is 25.2 Å². The number of nitrogens with one attached hydrogen (secondary N) is 1. The Labute approximate surface area is 135 Å². The molecule has 1 fully saturated rings. The van der Waals surface area contributed by atoms with Gasteiger partial charge in [0, 0.05) is 63.6 Å². The van der Waals surface area contributed by atoms with Crippen molar-refractivity contribution in [2.45, 2.75) is 19.5 Å². The minimum absolute atomic E-state index is 0.0172. The second-order valence-electron chi connectivity index (χ2n) is 5.65. The molecule has 1 aliphatic heterocycles. The number of hydrogen-bond donors (Lipinski definition) is 1. The van der Waals surface area contributed by atoms with E-state index in [1.54, 1.807) is 31.1 Å². The van der Waals surface area contributed by atoms with E-state index in [1.165, 1.54) is 0 Å². The number of aromatic nitrogens is 4. The quantitative estimate of drug-likeness (QED) is 0.893. The molecular weight excluding hydrogens is 294 g/mol. The van der Waals surface area contributed by atoms with Gasteiger partial charge in [-0.1, -0.05) is 0 Å². The fraction of sp³-hybridized carbons (Fsp3) is 0.467. The largest absolute Gasteiger partial charge is 0.352 e. The van der Waals surface area contributed by atoms with Crippen molar-refractivity contribution in [2.75, 3.05) is 31.1 Å². The zero-order chi connectivity index (χ0) is 16.1. The summed E-state index contributed by atoms with van der Waals surface area (Å²) in [5.74, 6) is 0.862. The standard InChI is InChI=1S/C15H21N7O/c1-13(11-20-5-4-17-12-20)19-15(23)22-8-6-21(7-9-22)14-10-16-2-3-18-14/h2-5,10,12-13H,6-9,11H2,1H3,(H,19,23)/t13-/m0/s1. The Morgan fingerprint density at radius 1 is 1.22 bits per heavy atom. The highest BCUT2D eigenvalue weighted by Crippen LogP contribution is 2.11. The van der Waals surface area contributed by atoms with Crippen molar-refractivity contribution >= 4 is 11.8 Å². The van der Waals surface area contributed by atoms with Gasteiger partial charge in [0.15, 0.2) is 0 Å². The van der Waals surface area contributed by atoms with E-state index in [0.29, 0.717) is 19.6 Å². The summed E-state index contributed by atoms with van der Waals surface area (Å²) < 4.78 is 1.96. The Bertz CT molecular complexity index is 608. The normalized spacial score (nSPS) is 16.2. The van der Waals surface area contributed by atoms with Crippen LogP contribution in [0.15, 0.2) is 37.3 Å². The number of carbonyl (C=O) groups excluding carboxylic acids is 1. The SMILES string of the molecule is C[C@@H](Cn1ccnc1)NC(=O)N1CCN(c2cnccn2)CC1. The number of anilines is 1. The van der Waals surface area contributed by atoms with Crippen LogP contribution >= 0.6 is 0 Å². The molecule has 3 heterocycles. The molecule has 2 aromatic rings. The lowest BCUT2D eigenvalue weighted by atomic mass is 10.3. The van der Waals surface area contributed by atoms with E-state index in [1.807, 2.05) is 22.6 Å². The van der Waals surface area contributed by atoms with Gasteiger partial charge in [0.1, 0.15) is 5.82 Å². The van der Waals surface area contributed by atoms with E-state index in [4.69, 9.17) is 0 Å². The van der Waals surface area contributed by atoms with Gasteiger partial charge in [0.2, 0.25) is 0 Å². The molecule has 8 nitrogen and oxygen atoms in total. The predicted molar refractivity (Wildman–Crippen MR) is 86.0 cm³/mol. The van der Waals surface area contributed by atoms with Gasteiger partial charge < -0.3 is 19.7 Å². The van der Waals surface area contributed by atoms with Crippen LogP contribution in [0.25, 0.3) is 0 Å². The first kappa shape index (κ1) is 15.3. The molecule has 1 aliphatic rings. The zero-order valence-corrected chi connectivity index (χ0v) is 13.2. The molecule has 0 radical (unpaired) electrons. The average Bonchev–Trinajstić information content (AvgIpc) is 3.08. The average molecular weight is 315 g/mol. The summed E-state index contributed by atoms with van der Waals surface area (Å²) in [5, 5.41) is 3.03. The fourth-order valence-electron chi connectivity index (χ4n) is 2.65. The van der Waals surface area contributed by atoms with Gasteiger partial charge in [-0.15, -0.1) is 0 Å². The van der Waals surface area contributed by atoms with Gasteiger partial charge in [-0.05, 0) is 6.92 Å². The maximum Gasteiger partial charge on any atom is 0.317 e. The van der Waals surface area contributed by atoms with Crippen LogP contribution in [0.3, 0.4) is 0 Å². The third kappa shape index (κ3) is 3.97. The number of rotatable bonds is 4. The van der Waals surface area contributed by atoms with Gasteiger partial charge in [-0.2, -0.15) is 0 Å². The Morgan fingerprint density at radius 3 is 2.70 bits per heavy atom. The molecule has 1 N–H and O–H groups in total. The summed E-state index contributed by atoms with van der Waals surface area (Å²) >= 11 is 0. The van der Waals surface area contributed by atoms with Crippen LogP contribution in [0.5, 0.6) is 0 Å². The highest BCUT2D eigenvalue weighted by molar-refractivity contribution is 5.74. The van der Waals surface area contributed by atoms with Crippen LogP contribution in [-0.2, 0) is 6.54 Å². The highest BCUT2D eigenvalue weighted by atomic mass is 16.2. The molecule has 2 aromatic heterocycles. The van der Waals surface area contributed by atoms with E-state index >= 15 is 0 Å². The van der Waals surface area contributed by atoms with Crippen LogP contribution in [0.4, 0.5) is 10.6 Å². The maximum atomic E-state index is 12.3. The minimum atomic E-state index is -0.0172. The molecule has 1 saturated heterocycles. The summed E-state index contributed by atoms with van der Waals surface area (Å²) in [4.78, 5) is 28.7. The van der Waals surface area contributed by atoms with Crippen LogP contribution in [0.2, 0.25) is 0 Å². The number of urea groups is 1. The summed E-state index contributed by atoms with van der Waals surface area (Å²) in [7, 11) is 0. The lowest BCUT2D eigenvalue weighted by Gasteiger charge is -2.35. The first-order valence-corrected chi connectivity index (χ1v) is 7.74. The molecule has 23 heavy (non-hydrogen) atoms. The molecule has 0 spiro atoms. The molecule has 0 aliphatic carbocycles. The van der Waals surface area contributed by atoms with Crippen molar-refractivity contribution in [3.63, 3.8) is 0 Å². The van der Waals surface area contributed by atoms with Gasteiger partial charge in [-0.25, -0.2) is 14.8 Å². The lowest BCUT2D eigenvalue weighted by molar-refractivity contribution is 0.190. The second-order valence-corrected chi connectivity index (χ2v) is 5.65. The molecule has 2 amide bonds. The molecule has 0 bridgehead atoms. The Morgan fingerprint density at radius 2 is 2.04 bits per heavy atom. The molecule has 0 aromatic carbocycles. The third-order valence-corrected chi connectivity index (χ3v) is 3.85. The predicted octanol–water partition coefficient (Wildman–Crippen LogP) is 0.593. The first-order chi connectivity index (χ1) is 11.2. The number of nitrogens with zero attached hydrogens (tertiary/aromatic N) is 6. The number of hydrogen-bond acceptors (Lipinski definition) is 5. The van der Waals surface area contributed by atoms with Crippen LogP contribution in [-0.4, -0.2) is 62.7 Å². The minimum Gasteiger partial charge on any atom is -0.352 e. The molecule has 8 heteroatoms. The number of piperazine rings is 1. The Balaban J connectivity index is 1.46. The summed E-state index contributed by atoms with van der Waals surface area (Å²) in [5.41, 5.74) is 0. The van der Waals surface area contributed by atoms with Crippen molar-refractivity contribution in [1.29, 1.82) is 0 Å². The summed E-state index contributed by atoms with van der Waals surface area (Å²) in [6, 6.07) is 0.0335. The van der Waals surface area contributed by atoms with E-state index in [9.17, 15) is 4.79 Å². The van der Waals surface area contributed by atoms with Crippen LogP contribution < -0.4 is 10.2 Å². The smallest absolute Gasteiger partial charge is 0.317 e. The number of amides is 2. The van der Waals surface area contributed by atoms with Crippen molar-refractivity contribution in [3.05, 3.63) is 37.3 Å². The van der Waals surface area contributed by atoms with Crippen molar-refractivity contribution in [1.82, 2.24) is 29.7 Å². The number of carbonyl (C=O) groups is 1. The van der Waals surface area contributed by atoms with Crippen LogP contribution in [0.1, 0.15) is 6.92 Å². The molecule has 3 rings (SSSR count). The van der Waals surface area contributed by atoms with E-state index in [0.717, 1.165) is 18.9 Å². The van der Waals surface area contributed by atoms with Crippen molar-refractivity contribution in [3.8, 4) is 0 Å². The van der Waals surface area contributed by atoms with Gasteiger partial charge >= 0.3 is 6.03 Å². The van der Waals surface area contributed by atoms with E-state index < -0.39 is 0 Å². The van der Waals surface area contributed by atoms with Crippen molar-refractivity contribution < 1.29 is 4.79 Å². The third-order valence-electron chi connectivity index (χ3n) is 3.85. The maximum absolute atomic E-state index is 12.3. The Kier molecular flexibility index (Phi) is 4.70. The summed E-state index contributed by atoms with van der Waals surface area (Å²) in [6.45, 7) is 5.60.